The van der Waals surface area contributed by atoms with Crippen LogP contribution < -0.4 is 4.90 Å². The molecule has 0 bridgehead atoms. The number of rotatable bonds is 4. The maximum Gasteiger partial charge on any atom is 0.185 e. The molecule has 4 rings (SSSR count). The van der Waals surface area contributed by atoms with Crippen molar-refractivity contribution in [3.05, 3.63) is 62.4 Å². The fraction of sp³-hybridized carbons (Fsp3) is 0.348. The van der Waals surface area contributed by atoms with E-state index in [1.807, 2.05) is 0 Å². The first-order chi connectivity index (χ1) is 14.7. The molecular formula is C23H24Cl2N2O2S2. The molecule has 0 spiro atoms. The van der Waals surface area contributed by atoms with Gasteiger partial charge in [-0.25, -0.2) is 13.4 Å². The van der Waals surface area contributed by atoms with E-state index in [9.17, 15) is 8.42 Å². The Kier molecular flexibility index (Phi) is 6.37. The molecule has 164 valence electrons. The SMILES string of the molecule is Cc1ccc(C)c(-c2csc(N3CCC(S(=O)(=O)c4cc(C)c(Cl)cc4Cl)CC3)n2)c1. The van der Waals surface area contributed by atoms with Crippen LogP contribution in [0, 0.1) is 20.8 Å². The molecule has 3 aromatic rings. The van der Waals surface area contributed by atoms with Crippen LogP contribution in [0.1, 0.15) is 29.5 Å². The fourth-order valence-corrected chi connectivity index (χ4v) is 7.38. The highest BCUT2D eigenvalue weighted by Crippen LogP contribution is 2.35. The molecule has 2 aromatic carbocycles. The van der Waals surface area contributed by atoms with Crippen LogP contribution in [0.15, 0.2) is 40.6 Å². The molecule has 4 nitrogen and oxygen atoms in total. The second kappa shape index (κ2) is 8.74. The summed E-state index contributed by atoms with van der Waals surface area (Å²) in [5.41, 5.74) is 5.23. The number of aryl methyl sites for hydroxylation is 3. The monoisotopic (exact) mass is 494 g/mol. The van der Waals surface area contributed by atoms with E-state index >= 15 is 0 Å². The van der Waals surface area contributed by atoms with Gasteiger partial charge in [0.2, 0.25) is 0 Å². The summed E-state index contributed by atoms with van der Waals surface area (Å²) in [6.07, 6.45) is 1.08. The minimum atomic E-state index is -3.52. The molecule has 1 saturated heterocycles. The Hall–Kier alpha value is -1.60. The average Bonchev–Trinajstić information content (AvgIpc) is 3.22. The van der Waals surface area contributed by atoms with Gasteiger partial charge in [0, 0.05) is 29.1 Å². The number of halogens is 2. The molecule has 0 radical (unpaired) electrons. The molecule has 1 fully saturated rings. The molecule has 0 N–H and O–H groups in total. The van der Waals surface area contributed by atoms with E-state index in [-0.39, 0.29) is 9.92 Å². The van der Waals surface area contributed by atoms with Crippen LogP contribution in [0.25, 0.3) is 11.3 Å². The van der Waals surface area contributed by atoms with Crippen LogP contribution in [0.2, 0.25) is 10.0 Å². The number of piperidine rings is 1. The minimum Gasteiger partial charge on any atom is -0.348 e. The van der Waals surface area contributed by atoms with E-state index in [0.29, 0.717) is 36.5 Å². The number of benzene rings is 2. The van der Waals surface area contributed by atoms with Crippen molar-refractivity contribution in [2.45, 2.75) is 43.8 Å². The number of thiazole rings is 1. The highest BCUT2D eigenvalue weighted by atomic mass is 35.5. The van der Waals surface area contributed by atoms with Crippen molar-refractivity contribution in [3.8, 4) is 11.3 Å². The van der Waals surface area contributed by atoms with E-state index in [4.69, 9.17) is 28.2 Å². The second-order valence-corrected chi connectivity index (χ2v) is 11.9. The van der Waals surface area contributed by atoms with Gasteiger partial charge >= 0.3 is 0 Å². The first kappa shape index (κ1) is 22.6. The molecule has 1 aromatic heterocycles. The summed E-state index contributed by atoms with van der Waals surface area (Å²) < 4.78 is 26.4. The van der Waals surface area contributed by atoms with E-state index in [2.05, 4.69) is 42.3 Å². The highest BCUT2D eigenvalue weighted by molar-refractivity contribution is 7.92. The van der Waals surface area contributed by atoms with Crippen molar-refractivity contribution in [2.24, 2.45) is 0 Å². The maximum absolute atomic E-state index is 13.2. The van der Waals surface area contributed by atoms with Crippen LogP contribution in [0.3, 0.4) is 0 Å². The highest BCUT2D eigenvalue weighted by Gasteiger charge is 2.33. The zero-order chi connectivity index (χ0) is 22.3. The van der Waals surface area contributed by atoms with Crippen molar-refractivity contribution >= 4 is 49.5 Å². The Labute approximate surface area is 197 Å². The van der Waals surface area contributed by atoms with Gasteiger partial charge in [0.05, 0.1) is 20.9 Å². The Bertz CT molecular complexity index is 1230. The second-order valence-electron chi connectivity index (χ2n) is 8.10. The summed E-state index contributed by atoms with van der Waals surface area (Å²) in [7, 11) is -3.52. The number of hydrogen-bond donors (Lipinski definition) is 0. The van der Waals surface area contributed by atoms with E-state index in [1.54, 1.807) is 24.3 Å². The van der Waals surface area contributed by atoms with Gasteiger partial charge < -0.3 is 4.90 Å². The van der Waals surface area contributed by atoms with Crippen LogP contribution in [-0.4, -0.2) is 31.7 Å². The summed E-state index contributed by atoms with van der Waals surface area (Å²) >= 11 is 13.9. The fourth-order valence-electron chi connectivity index (χ4n) is 3.93. The summed E-state index contributed by atoms with van der Waals surface area (Å²) in [4.78, 5) is 7.21. The summed E-state index contributed by atoms with van der Waals surface area (Å²) in [5.74, 6) is 0. The van der Waals surface area contributed by atoms with Gasteiger partial charge in [-0.15, -0.1) is 11.3 Å². The molecule has 0 atom stereocenters. The number of aromatic nitrogens is 1. The largest absolute Gasteiger partial charge is 0.348 e. The van der Waals surface area contributed by atoms with Crippen molar-refractivity contribution < 1.29 is 8.42 Å². The molecule has 0 amide bonds. The zero-order valence-corrected chi connectivity index (χ0v) is 20.8. The standard InChI is InChI=1S/C23H24Cl2N2O2S2/c1-14-4-5-15(2)18(10-14)21-13-30-23(26-21)27-8-6-17(7-9-27)31(28,29)22-11-16(3)19(24)12-20(22)25/h4-5,10-13,17H,6-9H2,1-3H3. The van der Waals surface area contributed by atoms with Crippen LogP contribution >= 0.6 is 34.5 Å². The van der Waals surface area contributed by atoms with Gasteiger partial charge in [0.25, 0.3) is 0 Å². The molecule has 1 aliphatic rings. The Morgan fingerprint density at radius 3 is 2.42 bits per heavy atom. The quantitative estimate of drug-likeness (QED) is 0.416. The van der Waals surface area contributed by atoms with Crippen LogP contribution in [-0.2, 0) is 9.84 Å². The third kappa shape index (κ3) is 4.49. The predicted molar refractivity (Wildman–Crippen MR) is 131 cm³/mol. The molecule has 1 aliphatic heterocycles. The molecule has 8 heteroatoms. The van der Waals surface area contributed by atoms with Crippen molar-refractivity contribution in [1.29, 1.82) is 0 Å². The lowest BCUT2D eigenvalue weighted by molar-refractivity contribution is 0.529. The van der Waals surface area contributed by atoms with Gasteiger partial charge in [-0.3, -0.25) is 0 Å². The van der Waals surface area contributed by atoms with Gasteiger partial charge in [0.1, 0.15) is 0 Å². The topological polar surface area (TPSA) is 50.3 Å². The lowest BCUT2D eigenvalue weighted by Crippen LogP contribution is -2.39. The third-order valence-electron chi connectivity index (χ3n) is 5.83. The Morgan fingerprint density at radius 2 is 1.71 bits per heavy atom. The third-order valence-corrected chi connectivity index (χ3v) is 9.87. The average molecular weight is 495 g/mol. The van der Waals surface area contributed by atoms with Gasteiger partial charge in [-0.05, 0) is 62.9 Å². The molecule has 2 heterocycles. The van der Waals surface area contributed by atoms with E-state index in [1.165, 1.54) is 17.2 Å². The lowest BCUT2D eigenvalue weighted by Gasteiger charge is -2.31. The number of sulfone groups is 1. The lowest BCUT2D eigenvalue weighted by atomic mass is 10.0. The molecule has 0 saturated carbocycles. The first-order valence-electron chi connectivity index (χ1n) is 10.1. The van der Waals surface area contributed by atoms with Crippen molar-refractivity contribution in [1.82, 2.24) is 4.98 Å². The molecular weight excluding hydrogens is 471 g/mol. The number of anilines is 1. The zero-order valence-electron chi connectivity index (χ0n) is 17.7. The van der Waals surface area contributed by atoms with Gasteiger partial charge in [-0.2, -0.15) is 0 Å². The van der Waals surface area contributed by atoms with Crippen molar-refractivity contribution in [3.63, 3.8) is 0 Å². The summed E-state index contributed by atoms with van der Waals surface area (Å²) in [6.45, 7) is 7.25. The molecule has 31 heavy (non-hydrogen) atoms. The predicted octanol–water partition coefficient (Wildman–Crippen LogP) is 6.48. The van der Waals surface area contributed by atoms with Crippen LogP contribution in [0.4, 0.5) is 5.13 Å². The first-order valence-corrected chi connectivity index (χ1v) is 13.3. The smallest absolute Gasteiger partial charge is 0.185 e. The normalized spacial score (nSPS) is 15.5. The molecule has 0 aliphatic carbocycles. The number of hydrogen-bond acceptors (Lipinski definition) is 5. The summed E-state index contributed by atoms with van der Waals surface area (Å²) in [6, 6.07) is 9.48. The molecule has 0 unspecified atom stereocenters. The van der Waals surface area contributed by atoms with E-state index < -0.39 is 15.1 Å². The Morgan fingerprint density at radius 1 is 1.00 bits per heavy atom. The Balaban J connectivity index is 1.50. The maximum atomic E-state index is 13.2. The summed E-state index contributed by atoms with van der Waals surface area (Å²) in [5, 5.41) is 3.22. The van der Waals surface area contributed by atoms with Crippen LogP contribution in [0.5, 0.6) is 0 Å². The van der Waals surface area contributed by atoms with Gasteiger partial charge in [-0.1, -0.05) is 40.9 Å². The minimum absolute atomic E-state index is 0.181. The van der Waals surface area contributed by atoms with Crippen molar-refractivity contribution in [2.75, 3.05) is 18.0 Å². The number of nitrogens with zero attached hydrogens (tertiary/aromatic N) is 2. The van der Waals surface area contributed by atoms with Gasteiger partial charge in [0.15, 0.2) is 15.0 Å². The van der Waals surface area contributed by atoms with E-state index in [0.717, 1.165) is 16.4 Å².